The molecule has 14 heteroatoms. The summed E-state index contributed by atoms with van der Waals surface area (Å²) in [5.41, 5.74) is 7.37. The number of imidazole rings is 1. The van der Waals surface area contributed by atoms with Crippen LogP contribution in [0.5, 0.6) is 5.75 Å². The fourth-order valence-corrected chi connectivity index (χ4v) is 9.09. The number of likely N-dealkylation sites (tertiary alicyclic amines) is 2. The Balaban J connectivity index is 1.03. The van der Waals surface area contributed by atoms with E-state index in [4.69, 9.17) is 33.7 Å². The lowest BCUT2D eigenvalue weighted by Crippen LogP contribution is -2.56. The van der Waals surface area contributed by atoms with Gasteiger partial charge in [-0.2, -0.15) is 0 Å². The maximum absolute atomic E-state index is 14.1. The molecule has 4 aliphatic rings. The lowest BCUT2D eigenvalue weighted by atomic mass is 9.90. The van der Waals surface area contributed by atoms with Gasteiger partial charge in [-0.3, -0.25) is 14.7 Å². The number of hydrogen-bond donors (Lipinski definition) is 2. The minimum atomic E-state index is -0.932. The molecular formula is C45H54N6O8. The SMILES string of the molecule is COC[C@H]1C[C@@H](C2=Nc3ccc4cc5c(cc4c3C2)OCc2cc(-c3cnc([C@@H]4C[C@H](C)CN4C(=O)OC(C)(C)C)[nH]3)ccc2-5)N(C(=O)[C@@H](NC(=O)OC)[C@@H](C)OC)C1. The molecule has 0 spiro atoms. The van der Waals surface area contributed by atoms with E-state index in [1.807, 2.05) is 31.9 Å². The predicted octanol–water partition coefficient (Wildman–Crippen LogP) is 7.36. The molecule has 2 saturated heterocycles. The number of carbonyl (C=O) groups is 3. The van der Waals surface area contributed by atoms with Crippen LogP contribution < -0.4 is 10.1 Å². The summed E-state index contributed by atoms with van der Waals surface area (Å²) in [5, 5.41) is 4.82. The highest BCUT2D eigenvalue weighted by Crippen LogP contribution is 2.45. The highest BCUT2D eigenvalue weighted by atomic mass is 16.6. The Morgan fingerprint density at radius 2 is 1.81 bits per heavy atom. The van der Waals surface area contributed by atoms with Gasteiger partial charge in [-0.1, -0.05) is 25.1 Å². The van der Waals surface area contributed by atoms with E-state index < -0.39 is 23.8 Å². The number of H-pyrrole nitrogens is 1. The lowest BCUT2D eigenvalue weighted by Gasteiger charge is -2.31. The molecule has 0 radical (unpaired) electrons. The number of aromatic amines is 1. The van der Waals surface area contributed by atoms with Crippen molar-refractivity contribution in [2.24, 2.45) is 16.8 Å². The predicted molar refractivity (Wildman–Crippen MR) is 223 cm³/mol. The Hall–Kier alpha value is -5.47. The van der Waals surface area contributed by atoms with Crippen molar-refractivity contribution in [1.29, 1.82) is 0 Å². The van der Waals surface area contributed by atoms with Gasteiger partial charge in [-0.15, -0.1) is 0 Å². The first-order chi connectivity index (χ1) is 28.2. The Kier molecular flexibility index (Phi) is 10.9. The van der Waals surface area contributed by atoms with Gasteiger partial charge < -0.3 is 38.9 Å². The van der Waals surface area contributed by atoms with E-state index in [1.165, 1.54) is 14.2 Å². The third-order valence-corrected chi connectivity index (χ3v) is 12.0. The molecule has 14 nitrogen and oxygen atoms in total. The van der Waals surface area contributed by atoms with Crippen LogP contribution in [0.4, 0.5) is 15.3 Å². The average molecular weight is 807 g/mol. The summed E-state index contributed by atoms with van der Waals surface area (Å²) in [6.45, 7) is 11.5. The van der Waals surface area contributed by atoms with Crippen molar-refractivity contribution < 1.29 is 38.1 Å². The first-order valence-corrected chi connectivity index (χ1v) is 20.4. The molecule has 3 aromatic carbocycles. The zero-order valence-electron chi connectivity index (χ0n) is 35.1. The molecule has 5 heterocycles. The van der Waals surface area contributed by atoms with Crippen LogP contribution in [0.15, 0.2) is 53.7 Å². The fourth-order valence-electron chi connectivity index (χ4n) is 9.09. The number of rotatable bonds is 9. The van der Waals surface area contributed by atoms with Crippen LogP contribution in [0, 0.1) is 11.8 Å². The summed E-state index contributed by atoms with van der Waals surface area (Å²) < 4.78 is 28.0. The Labute approximate surface area is 344 Å². The summed E-state index contributed by atoms with van der Waals surface area (Å²) in [4.78, 5) is 56.5. The fraction of sp³-hybridized carbons (Fsp3) is 0.489. The van der Waals surface area contributed by atoms with E-state index in [-0.39, 0.29) is 30.0 Å². The van der Waals surface area contributed by atoms with Gasteiger partial charge in [-0.05, 0) is 104 Å². The number of nitrogens with one attached hydrogen (secondary N) is 2. The maximum atomic E-state index is 14.1. The number of alkyl carbamates (subject to hydrolysis) is 1. The number of ether oxygens (including phenoxy) is 5. The molecule has 4 aromatic rings. The van der Waals surface area contributed by atoms with E-state index in [2.05, 4.69) is 59.7 Å². The second kappa shape index (κ2) is 15.9. The largest absolute Gasteiger partial charge is 0.488 e. The highest BCUT2D eigenvalue weighted by Gasteiger charge is 2.44. The van der Waals surface area contributed by atoms with Gasteiger partial charge in [0.2, 0.25) is 5.91 Å². The van der Waals surface area contributed by atoms with Gasteiger partial charge in [-0.25, -0.2) is 14.6 Å². The minimum absolute atomic E-state index is 0.107. The van der Waals surface area contributed by atoms with Crippen molar-refractivity contribution in [3.63, 3.8) is 0 Å². The van der Waals surface area contributed by atoms with Gasteiger partial charge in [0.25, 0.3) is 0 Å². The molecule has 8 rings (SSSR count). The van der Waals surface area contributed by atoms with Crippen LogP contribution in [-0.2, 0) is 36.8 Å². The number of amides is 3. The molecule has 312 valence electrons. The monoisotopic (exact) mass is 806 g/mol. The second-order valence-electron chi connectivity index (χ2n) is 17.4. The summed E-state index contributed by atoms with van der Waals surface area (Å²) >= 11 is 0. The maximum Gasteiger partial charge on any atom is 0.410 e. The van der Waals surface area contributed by atoms with Gasteiger partial charge in [0, 0.05) is 50.9 Å². The number of aromatic nitrogens is 2. The molecule has 0 saturated carbocycles. The van der Waals surface area contributed by atoms with E-state index in [0.29, 0.717) is 45.1 Å². The van der Waals surface area contributed by atoms with E-state index >= 15 is 0 Å². The standard InChI is InChI=1S/C45H54N6O8/c1-24-13-38(51(20-24)44(54)59-45(3,4)5)41-46-19-36(48-41)28-9-11-30-29(15-28)23-58-39-18-31-27(16-33(30)39)10-12-34-32(31)17-35(47-34)37-14-26(22-55-6)21-50(37)42(52)40(25(2)56-7)49-43(53)57-8/h9-12,15-16,18-19,24-26,37-38,40H,13-14,17,20-23H2,1-8H3,(H,46,48)(H,49,53)/t24-,25+,26-,37-,38-,40-/m0/s1. The number of benzene rings is 3. The van der Waals surface area contributed by atoms with Gasteiger partial charge in [0.05, 0.1) is 49.5 Å². The first-order valence-electron chi connectivity index (χ1n) is 20.4. The number of carbonyl (C=O) groups excluding carboxylic acids is 3. The zero-order valence-corrected chi connectivity index (χ0v) is 35.1. The molecule has 6 atom stereocenters. The molecule has 0 bridgehead atoms. The quantitative estimate of drug-likeness (QED) is 0.176. The van der Waals surface area contributed by atoms with Gasteiger partial charge in [0.15, 0.2) is 0 Å². The van der Waals surface area contributed by atoms with Crippen LogP contribution in [0.2, 0.25) is 0 Å². The Morgan fingerprint density at radius 3 is 2.56 bits per heavy atom. The normalized spacial score (nSPS) is 21.9. The molecule has 2 fully saturated rings. The van der Waals surface area contributed by atoms with Crippen molar-refractivity contribution in [3.8, 4) is 28.1 Å². The van der Waals surface area contributed by atoms with E-state index in [0.717, 1.165) is 73.7 Å². The summed E-state index contributed by atoms with van der Waals surface area (Å²) in [7, 11) is 4.45. The molecule has 0 aliphatic carbocycles. The number of hydrogen-bond acceptors (Lipinski definition) is 10. The van der Waals surface area contributed by atoms with Gasteiger partial charge >= 0.3 is 12.2 Å². The second-order valence-corrected chi connectivity index (χ2v) is 17.4. The number of nitrogens with zero attached hydrogens (tertiary/aromatic N) is 4. The molecular weight excluding hydrogens is 753 g/mol. The van der Waals surface area contributed by atoms with Crippen molar-refractivity contribution in [2.75, 3.05) is 41.0 Å². The summed E-state index contributed by atoms with van der Waals surface area (Å²) in [6.07, 6.45) is 2.32. The zero-order chi connectivity index (χ0) is 41.7. The Bertz CT molecular complexity index is 2310. The minimum Gasteiger partial charge on any atom is -0.488 e. The van der Waals surface area contributed by atoms with E-state index in [9.17, 15) is 14.4 Å². The molecule has 4 aliphatic heterocycles. The molecule has 1 aromatic heterocycles. The molecule has 3 amide bonds. The van der Waals surface area contributed by atoms with E-state index in [1.54, 1.807) is 18.9 Å². The smallest absolute Gasteiger partial charge is 0.410 e. The lowest BCUT2D eigenvalue weighted by molar-refractivity contribution is -0.136. The number of fused-ring (bicyclic) bond motifs is 6. The van der Waals surface area contributed by atoms with Crippen molar-refractivity contribution in [2.45, 2.75) is 90.3 Å². The number of aliphatic imine (C=N–C) groups is 1. The van der Waals surface area contributed by atoms with Crippen LogP contribution in [0.1, 0.15) is 70.5 Å². The van der Waals surface area contributed by atoms with Crippen molar-refractivity contribution >= 4 is 40.3 Å². The first kappa shape index (κ1) is 40.3. The average Bonchev–Trinajstić information content (AvgIpc) is 4.03. The highest BCUT2D eigenvalue weighted by molar-refractivity contribution is 6.06. The molecule has 0 unspecified atom stereocenters. The van der Waals surface area contributed by atoms with Crippen LogP contribution in [0.3, 0.4) is 0 Å². The Morgan fingerprint density at radius 1 is 1.00 bits per heavy atom. The van der Waals surface area contributed by atoms with Crippen LogP contribution in [-0.4, -0.2) is 108 Å². The summed E-state index contributed by atoms with van der Waals surface area (Å²) in [5.74, 6) is 1.75. The molecule has 59 heavy (non-hydrogen) atoms. The van der Waals surface area contributed by atoms with Gasteiger partial charge in [0.1, 0.15) is 29.8 Å². The number of methoxy groups -OCH3 is 3. The van der Waals surface area contributed by atoms with Crippen molar-refractivity contribution in [1.82, 2.24) is 25.1 Å². The molecule has 2 N–H and O–H groups in total. The summed E-state index contributed by atoms with van der Waals surface area (Å²) in [6, 6.07) is 13.5. The van der Waals surface area contributed by atoms with Crippen LogP contribution in [0.25, 0.3) is 33.2 Å². The topological polar surface area (TPSA) is 157 Å². The third-order valence-electron chi connectivity index (χ3n) is 12.0. The van der Waals surface area contributed by atoms with Crippen molar-refractivity contribution in [3.05, 3.63) is 65.6 Å². The third kappa shape index (κ3) is 7.87. The van der Waals surface area contributed by atoms with Crippen LogP contribution >= 0.6 is 0 Å².